The molecule has 0 unspecified atom stereocenters. The van der Waals surface area contributed by atoms with Gasteiger partial charge in [-0.05, 0) is 74.6 Å². The second-order valence-electron chi connectivity index (χ2n) is 6.17. The predicted octanol–water partition coefficient (Wildman–Crippen LogP) is 3.72. The van der Waals surface area contributed by atoms with Crippen LogP contribution in [-0.2, 0) is 0 Å². The van der Waals surface area contributed by atoms with Crippen LogP contribution in [0.2, 0.25) is 0 Å². The molecule has 0 saturated carbocycles. The Balaban J connectivity index is 0.00000242. The van der Waals surface area contributed by atoms with Crippen molar-refractivity contribution >= 4 is 34.2 Å². The van der Waals surface area contributed by atoms with E-state index in [1.807, 2.05) is 24.2 Å². The Bertz CT molecular complexity index is 482. The van der Waals surface area contributed by atoms with Crippen LogP contribution in [0.3, 0.4) is 0 Å². The number of nitrogens with zero attached hydrogens (tertiary/aromatic N) is 2. The molecule has 6 heteroatoms. The van der Waals surface area contributed by atoms with Crippen molar-refractivity contribution in [3.05, 3.63) is 22.4 Å². The summed E-state index contributed by atoms with van der Waals surface area (Å²) in [5.74, 6) is 0.923. The Labute approximate surface area is 148 Å². The Kier molecular flexibility index (Phi) is 7.94. The zero-order valence-corrected chi connectivity index (χ0v) is 16.0. The largest absolute Gasteiger partial charge is 0.340 e. The lowest BCUT2D eigenvalue weighted by Crippen LogP contribution is -2.39. The smallest absolute Gasteiger partial charge is 0.270 e. The molecule has 1 aromatic heterocycles. The van der Waals surface area contributed by atoms with Gasteiger partial charge < -0.3 is 14.8 Å². The molecule has 1 aromatic rings. The molecule has 2 rings (SSSR count). The molecule has 0 radical (unpaired) electrons. The molecule has 1 aliphatic rings. The number of halogens is 2. The van der Waals surface area contributed by atoms with Gasteiger partial charge in [-0.2, -0.15) is 0 Å². The van der Waals surface area contributed by atoms with Crippen LogP contribution in [0.4, 0.5) is 0 Å². The summed E-state index contributed by atoms with van der Waals surface area (Å²) >= 11 is 3.48. The summed E-state index contributed by atoms with van der Waals surface area (Å²) < 4.78 is 3.03. The molecule has 1 saturated heterocycles. The Morgan fingerprint density at radius 3 is 2.59 bits per heavy atom. The Morgan fingerprint density at radius 1 is 1.41 bits per heavy atom. The highest BCUT2D eigenvalue weighted by Gasteiger charge is 2.25. The maximum Gasteiger partial charge on any atom is 0.270 e. The minimum atomic E-state index is 0. The van der Waals surface area contributed by atoms with Crippen molar-refractivity contribution in [2.45, 2.75) is 39.2 Å². The van der Waals surface area contributed by atoms with Crippen LogP contribution in [-0.4, -0.2) is 42.1 Å². The molecule has 0 aromatic carbocycles. The number of amides is 1. The number of carbonyl (C=O) groups excluding carboxylic acids is 1. The summed E-state index contributed by atoms with van der Waals surface area (Å²) in [6.45, 7) is 7.05. The van der Waals surface area contributed by atoms with E-state index in [1.54, 1.807) is 0 Å². The molecule has 126 valence electrons. The van der Waals surface area contributed by atoms with Gasteiger partial charge in [-0.3, -0.25) is 4.79 Å². The van der Waals surface area contributed by atoms with Crippen molar-refractivity contribution < 1.29 is 4.79 Å². The average Bonchev–Trinajstić information content (AvgIpc) is 2.87. The first-order valence-electron chi connectivity index (χ1n) is 7.84. The third-order valence-corrected chi connectivity index (χ3v) is 4.73. The molecule has 1 N–H and O–H groups in total. The number of hydrogen-bond donors (Lipinski definition) is 1. The number of nitrogens with one attached hydrogen (secondary N) is 1. The van der Waals surface area contributed by atoms with Crippen molar-refractivity contribution in [2.24, 2.45) is 5.92 Å². The van der Waals surface area contributed by atoms with Crippen molar-refractivity contribution in [3.63, 3.8) is 0 Å². The summed E-state index contributed by atoms with van der Waals surface area (Å²) in [6, 6.07) is 2.23. The van der Waals surface area contributed by atoms with E-state index in [0.717, 1.165) is 48.6 Å². The summed E-state index contributed by atoms with van der Waals surface area (Å²) in [6.07, 6.45) is 5.46. The number of aromatic nitrogens is 1. The molecule has 4 nitrogen and oxygen atoms in total. The van der Waals surface area contributed by atoms with Gasteiger partial charge in [0.2, 0.25) is 0 Å². The molecule has 1 aliphatic heterocycles. The van der Waals surface area contributed by atoms with Gasteiger partial charge in [0.15, 0.2) is 0 Å². The topological polar surface area (TPSA) is 37.3 Å². The van der Waals surface area contributed by atoms with Gasteiger partial charge in [0.05, 0.1) is 0 Å². The second-order valence-corrected chi connectivity index (χ2v) is 7.09. The Morgan fingerprint density at radius 2 is 2.05 bits per heavy atom. The van der Waals surface area contributed by atoms with E-state index in [2.05, 4.69) is 39.7 Å². The zero-order chi connectivity index (χ0) is 15.4. The number of piperidine rings is 1. The number of likely N-dealkylation sites (tertiary alicyclic amines) is 1. The van der Waals surface area contributed by atoms with E-state index >= 15 is 0 Å². The van der Waals surface area contributed by atoms with Crippen LogP contribution >= 0.6 is 28.3 Å². The summed E-state index contributed by atoms with van der Waals surface area (Å²) in [5.41, 5.74) is 0.797. The monoisotopic (exact) mass is 391 g/mol. The summed E-state index contributed by atoms with van der Waals surface area (Å²) in [5, 5.41) is 3.21. The van der Waals surface area contributed by atoms with E-state index < -0.39 is 0 Å². The van der Waals surface area contributed by atoms with Crippen LogP contribution in [0, 0.1) is 5.92 Å². The van der Waals surface area contributed by atoms with Crippen LogP contribution in [0.5, 0.6) is 0 Å². The van der Waals surface area contributed by atoms with Crippen molar-refractivity contribution in [1.29, 1.82) is 0 Å². The summed E-state index contributed by atoms with van der Waals surface area (Å²) in [4.78, 5) is 14.7. The lowest BCUT2D eigenvalue weighted by molar-refractivity contribution is 0.0674. The van der Waals surface area contributed by atoms with Gasteiger partial charge in [0.25, 0.3) is 5.91 Å². The minimum absolute atomic E-state index is 0. The number of rotatable bonds is 5. The van der Waals surface area contributed by atoms with E-state index in [-0.39, 0.29) is 18.3 Å². The number of carbonyl (C=O) groups is 1. The molecule has 1 fully saturated rings. The lowest BCUT2D eigenvalue weighted by atomic mass is 9.93. The maximum absolute atomic E-state index is 12.7. The highest BCUT2D eigenvalue weighted by atomic mass is 79.9. The lowest BCUT2D eigenvalue weighted by Gasteiger charge is -2.32. The molecular formula is C16H27BrClN3O. The third kappa shape index (κ3) is 4.74. The molecule has 0 bridgehead atoms. The number of hydrogen-bond acceptors (Lipinski definition) is 2. The standard InChI is InChI=1S/C16H26BrN3O.ClH/c1-12(2)20-11-14(17)10-15(20)16(21)19-8-5-13(6-9-19)4-7-18-3;/h10-13,18H,4-9H2,1-3H3;1H. The molecule has 22 heavy (non-hydrogen) atoms. The van der Waals surface area contributed by atoms with Gasteiger partial charge in [-0.25, -0.2) is 0 Å². The average molecular weight is 393 g/mol. The SMILES string of the molecule is CNCCC1CCN(C(=O)c2cc(Br)cn2C(C)C)CC1.Cl. The van der Waals surface area contributed by atoms with Crippen LogP contribution in [0.15, 0.2) is 16.7 Å². The highest BCUT2D eigenvalue weighted by molar-refractivity contribution is 9.10. The van der Waals surface area contributed by atoms with Gasteiger partial charge in [0.1, 0.15) is 5.69 Å². The quantitative estimate of drug-likeness (QED) is 0.829. The first-order valence-corrected chi connectivity index (χ1v) is 8.63. The summed E-state index contributed by atoms with van der Waals surface area (Å²) in [7, 11) is 2.00. The molecule has 0 spiro atoms. The first-order chi connectivity index (χ1) is 10.0. The highest BCUT2D eigenvalue weighted by Crippen LogP contribution is 2.24. The molecule has 0 atom stereocenters. The van der Waals surface area contributed by atoms with Crippen molar-refractivity contribution in [1.82, 2.24) is 14.8 Å². The fourth-order valence-electron chi connectivity index (χ4n) is 2.98. The molecule has 1 amide bonds. The first kappa shape index (κ1) is 19.5. The predicted molar refractivity (Wildman–Crippen MR) is 96.9 cm³/mol. The fourth-order valence-corrected chi connectivity index (χ4v) is 3.42. The fraction of sp³-hybridized carbons (Fsp3) is 0.688. The van der Waals surface area contributed by atoms with Gasteiger partial charge in [0, 0.05) is 29.8 Å². The molecule has 0 aliphatic carbocycles. The van der Waals surface area contributed by atoms with Gasteiger partial charge in [-0.1, -0.05) is 0 Å². The third-order valence-electron chi connectivity index (χ3n) is 4.29. The van der Waals surface area contributed by atoms with E-state index in [9.17, 15) is 4.79 Å². The van der Waals surface area contributed by atoms with Gasteiger partial charge >= 0.3 is 0 Å². The Hall–Kier alpha value is -0.520. The second kappa shape index (κ2) is 8.94. The molecule has 2 heterocycles. The van der Waals surface area contributed by atoms with E-state index in [1.165, 1.54) is 6.42 Å². The zero-order valence-electron chi connectivity index (χ0n) is 13.6. The van der Waals surface area contributed by atoms with E-state index in [4.69, 9.17) is 0 Å². The van der Waals surface area contributed by atoms with Crippen LogP contribution < -0.4 is 5.32 Å². The van der Waals surface area contributed by atoms with Crippen LogP contribution in [0.25, 0.3) is 0 Å². The van der Waals surface area contributed by atoms with Crippen LogP contribution in [0.1, 0.15) is 49.6 Å². The minimum Gasteiger partial charge on any atom is -0.340 e. The maximum atomic E-state index is 12.7. The molecular weight excluding hydrogens is 366 g/mol. The van der Waals surface area contributed by atoms with Crippen molar-refractivity contribution in [3.8, 4) is 0 Å². The van der Waals surface area contributed by atoms with Crippen molar-refractivity contribution in [2.75, 3.05) is 26.7 Å². The van der Waals surface area contributed by atoms with E-state index in [0.29, 0.717) is 6.04 Å². The van der Waals surface area contributed by atoms with Gasteiger partial charge in [-0.15, -0.1) is 12.4 Å². The normalized spacial score (nSPS) is 16.0.